The largest absolute Gasteiger partial charge is 0.336 e. The fourth-order valence-corrected chi connectivity index (χ4v) is 1.88. The standard InChI is InChI=1S/C11H14N2OS/c1-8(2)6-9(7-12)13-11(14)10-4-3-5-15-10/h3-5,8-9H,6H2,1-2H3,(H,13,14)/t9-/m0/s1. The van der Waals surface area contributed by atoms with E-state index in [4.69, 9.17) is 5.26 Å². The Kier molecular flexibility index (Phi) is 4.32. The quantitative estimate of drug-likeness (QED) is 0.850. The van der Waals surface area contributed by atoms with Crippen LogP contribution in [-0.4, -0.2) is 11.9 Å². The Labute approximate surface area is 93.7 Å². The first kappa shape index (κ1) is 11.7. The van der Waals surface area contributed by atoms with E-state index in [0.29, 0.717) is 17.2 Å². The lowest BCUT2D eigenvalue weighted by Gasteiger charge is -2.12. The van der Waals surface area contributed by atoms with E-state index in [0.717, 1.165) is 0 Å². The van der Waals surface area contributed by atoms with Gasteiger partial charge in [-0.25, -0.2) is 0 Å². The second-order valence-corrected chi connectivity index (χ2v) is 4.71. The van der Waals surface area contributed by atoms with E-state index in [-0.39, 0.29) is 11.9 Å². The number of hydrogen-bond donors (Lipinski definition) is 1. The predicted octanol–water partition coefficient (Wildman–Crippen LogP) is 2.42. The van der Waals surface area contributed by atoms with Crippen LogP contribution in [0.5, 0.6) is 0 Å². The summed E-state index contributed by atoms with van der Waals surface area (Å²) in [6, 6.07) is 5.29. The highest BCUT2D eigenvalue weighted by molar-refractivity contribution is 7.12. The minimum Gasteiger partial charge on any atom is -0.336 e. The molecule has 0 saturated carbocycles. The molecule has 0 spiro atoms. The van der Waals surface area contributed by atoms with Gasteiger partial charge in [-0.1, -0.05) is 19.9 Å². The molecule has 4 heteroatoms. The van der Waals surface area contributed by atoms with Crippen molar-refractivity contribution >= 4 is 17.2 Å². The number of rotatable bonds is 4. The molecule has 1 aromatic rings. The van der Waals surface area contributed by atoms with Crippen LogP contribution >= 0.6 is 11.3 Å². The van der Waals surface area contributed by atoms with Gasteiger partial charge in [0, 0.05) is 0 Å². The van der Waals surface area contributed by atoms with Crippen LogP contribution < -0.4 is 5.32 Å². The molecule has 1 amide bonds. The average molecular weight is 222 g/mol. The first-order valence-electron chi connectivity index (χ1n) is 4.87. The lowest BCUT2D eigenvalue weighted by Crippen LogP contribution is -2.34. The molecule has 0 radical (unpaired) electrons. The summed E-state index contributed by atoms with van der Waals surface area (Å²) in [4.78, 5) is 12.3. The van der Waals surface area contributed by atoms with Crippen molar-refractivity contribution in [1.82, 2.24) is 5.32 Å². The van der Waals surface area contributed by atoms with Crippen molar-refractivity contribution in [1.29, 1.82) is 5.26 Å². The van der Waals surface area contributed by atoms with Crippen molar-refractivity contribution in [3.05, 3.63) is 22.4 Å². The third kappa shape index (κ3) is 3.72. The number of nitriles is 1. The zero-order chi connectivity index (χ0) is 11.3. The Morgan fingerprint density at radius 3 is 2.87 bits per heavy atom. The van der Waals surface area contributed by atoms with Crippen LogP contribution in [0.1, 0.15) is 29.9 Å². The molecule has 15 heavy (non-hydrogen) atoms. The number of nitrogens with one attached hydrogen (secondary N) is 1. The number of carbonyl (C=O) groups is 1. The number of thiophene rings is 1. The van der Waals surface area contributed by atoms with E-state index >= 15 is 0 Å². The topological polar surface area (TPSA) is 52.9 Å². The number of nitrogens with zero attached hydrogens (tertiary/aromatic N) is 1. The third-order valence-corrected chi connectivity index (χ3v) is 2.78. The maximum atomic E-state index is 11.6. The van der Waals surface area contributed by atoms with Gasteiger partial charge in [-0.05, 0) is 23.8 Å². The monoisotopic (exact) mass is 222 g/mol. The Morgan fingerprint density at radius 1 is 1.67 bits per heavy atom. The Hall–Kier alpha value is -1.34. The molecule has 0 aliphatic heterocycles. The molecular weight excluding hydrogens is 208 g/mol. The van der Waals surface area contributed by atoms with Gasteiger partial charge in [0.15, 0.2) is 0 Å². The Bertz CT molecular complexity index is 351. The summed E-state index contributed by atoms with van der Waals surface area (Å²) in [5, 5.41) is 13.4. The second-order valence-electron chi connectivity index (χ2n) is 3.76. The summed E-state index contributed by atoms with van der Waals surface area (Å²) in [6.45, 7) is 4.06. The van der Waals surface area contributed by atoms with Gasteiger partial charge < -0.3 is 5.32 Å². The molecule has 1 heterocycles. The molecular formula is C11H14N2OS. The van der Waals surface area contributed by atoms with Gasteiger partial charge in [-0.2, -0.15) is 5.26 Å². The van der Waals surface area contributed by atoms with Crippen LogP contribution in [-0.2, 0) is 0 Å². The van der Waals surface area contributed by atoms with Gasteiger partial charge >= 0.3 is 0 Å². The summed E-state index contributed by atoms with van der Waals surface area (Å²) in [6.07, 6.45) is 0.688. The highest BCUT2D eigenvalue weighted by Gasteiger charge is 2.14. The smallest absolute Gasteiger partial charge is 0.262 e. The molecule has 0 saturated heterocycles. The van der Waals surface area contributed by atoms with Gasteiger partial charge in [0.25, 0.3) is 5.91 Å². The van der Waals surface area contributed by atoms with Crippen molar-refractivity contribution in [3.8, 4) is 6.07 Å². The van der Waals surface area contributed by atoms with Gasteiger partial charge in [0.2, 0.25) is 0 Å². The molecule has 1 atom stereocenters. The van der Waals surface area contributed by atoms with Crippen molar-refractivity contribution in [3.63, 3.8) is 0 Å². The fraction of sp³-hybridized carbons (Fsp3) is 0.455. The molecule has 80 valence electrons. The minimum absolute atomic E-state index is 0.155. The van der Waals surface area contributed by atoms with Crippen LogP contribution in [0, 0.1) is 17.2 Å². The molecule has 0 aliphatic rings. The van der Waals surface area contributed by atoms with Crippen molar-refractivity contribution < 1.29 is 4.79 Å². The van der Waals surface area contributed by atoms with Crippen molar-refractivity contribution in [2.24, 2.45) is 5.92 Å². The van der Waals surface area contributed by atoms with Gasteiger partial charge in [-0.3, -0.25) is 4.79 Å². The highest BCUT2D eigenvalue weighted by Crippen LogP contribution is 2.10. The molecule has 1 N–H and O–H groups in total. The van der Waals surface area contributed by atoms with Crippen LogP contribution in [0.15, 0.2) is 17.5 Å². The van der Waals surface area contributed by atoms with Crippen molar-refractivity contribution in [2.75, 3.05) is 0 Å². The number of hydrogen-bond acceptors (Lipinski definition) is 3. The summed E-state index contributed by atoms with van der Waals surface area (Å²) < 4.78 is 0. The second kappa shape index (κ2) is 5.52. The van der Waals surface area contributed by atoms with Gasteiger partial charge in [0.05, 0.1) is 10.9 Å². The molecule has 1 aromatic heterocycles. The number of carbonyl (C=O) groups excluding carboxylic acids is 1. The molecule has 1 rings (SSSR count). The average Bonchev–Trinajstić information content (AvgIpc) is 2.68. The molecule has 3 nitrogen and oxygen atoms in total. The van der Waals surface area contributed by atoms with E-state index < -0.39 is 0 Å². The van der Waals surface area contributed by atoms with Crippen LogP contribution in [0.3, 0.4) is 0 Å². The molecule has 0 bridgehead atoms. The van der Waals surface area contributed by atoms with Crippen LogP contribution in [0.25, 0.3) is 0 Å². The SMILES string of the molecule is CC(C)C[C@@H](C#N)NC(=O)c1cccs1. The molecule has 0 unspecified atom stereocenters. The first-order valence-corrected chi connectivity index (χ1v) is 5.75. The van der Waals surface area contributed by atoms with Gasteiger partial charge in [0.1, 0.15) is 6.04 Å². The predicted molar refractivity (Wildman–Crippen MR) is 60.6 cm³/mol. The Balaban J connectivity index is 2.53. The fourth-order valence-electron chi connectivity index (χ4n) is 1.25. The minimum atomic E-state index is -0.389. The van der Waals surface area contributed by atoms with Crippen LogP contribution in [0.2, 0.25) is 0 Å². The maximum absolute atomic E-state index is 11.6. The van der Waals surface area contributed by atoms with E-state index in [1.165, 1.54) is 11.3 Å². The van der Waals surface area contributed by atoms with Crippen molar-refractivity contribution in [2.45, 2.75) is 26.3 Å². The molecule has 0 aromatic carbocycles. The molecule has 0 fully saturated rings. The lowest BCUT2D eigenvalue weighted by molar-refractivity contribution is 0.0946. The lowest BCUT2D eigenvalue weighted by atomic mass is 10.1. The Morgan fingerprint density at radius 2 is 2.40 bits per heavy atom. The normalized spacial score (nSPS) is 12.1. The number of amides is 1. The van der Waals surface area contributed by atoms with Crippen LogP contribution in [0.4, 0.5) is 0 Å². The summed E-state index contributed by atoms with van der Waals surface area (Å²) in [5.41, 5.74) is 0. The third-order valence-electron chi connectivity index (χ3n) is 1.91. The van der Waals surface area contributed by atoms with Gasteiger partial charge in [-0.15, -0.1) is 11.3 Å². The van der Waals surface area contributed by atoms with E-state index in [2.05, 4.69) is 11.4 Å². The van der Waals surface area contributed by atoms with E-state index in [1.54, 1.807) is 6.07 Å². The summed E-state index contributed by atoms with van der Waals surface area (Å²) in [7, 11) is 0. The zero-order valence-electron chi connectivity index (χ0n) is 8.86. The van der Waals surface area contributed by atoms with E-state index in [1.807, 2.05) is 25.3 Å². The summed E-state index contributed by atoms with van der Waals surface area (Å²) >= 11 is 1.38. The molecule has 0 aliphatic carbocycles. The first-order chi connectivity index (χ1) is 7.13. The maximum Gasteiger partial charge on any atom is 0.262 e. The summed E-state index contributed by atoms with van der Waals surface area (Å²) in [5.74, 6) is 0.246. The zero-order valence-corrected chi connectivity index (χ0v) is 9.67. The highest BCUT2D eigenvalue weighted by atomic mass is 32.1. The van der Waals surface area contributed by atoms with E-state index in [9.17, 15) is 4.79 Å².